The average Bonchev–Trinajstić information content (AvgIpc) is 3.20. The molecule has 7 heteroatoms. The highest BCUT2D eigenvalue weighted by molar-refractivity contribution is 9.10. The highest BCUT2D eigenvalue weighted by Crippen LogP contribution is 2.40. The van der Waals surface area contributed by atoms with Gasteiger partial charge in [-0.3, -0.25) is 0 Å². The van der Waals surface area contributed by atoms with E-state index in [4.69, 9.17) is 8.83 Å². The predicted octanol–water partition coefficient (Wildman–Crippen LogP) is 4.72. The number of rotatable bonds is 4. The molecule has 24 heavy (non-hydrogen) atoms. The summed E-state index contributed by atoms with van der Waals surface area (Å²) >= 11 is 3.25. The third-order valence-corrected chi connectivity index (χ3v) is 4.38. The summed E-state index contributed by atoms with van der Waals surface area (Å²) in [5, 5.41) is 2.87. The molecule has 0 radical (unpaired) electrons. The van der Waals surface area contributed by atoms with Gasteiger partial charge < -0.3 is 19.1 Å². The first-order valence-electron chi connectivity index (χ1n) is 7.75. The van der Waals surface area contributed by atoms with Crippen molar-refractivity contribution in [2.24, 2.45) is 0 Å². The standard InChI is InChI=1S/C17H16BrN3O3/c1-21(9-12-5-7-15(18)23-12)17(22)19-11-4-6-14-13(8-11)20-16(24-14)10-2-3-10/h4-8,10H,2-3,9H2,1H3,(H,19,22). The highest BCUT2D eigenvalue weighted by Gasteiger charge is 2.28. The van der Waals surface area contributed by atoms with Gasteiger partial charge in [0, 0.05) is 18.7 Å². The Labute approximate surface area is 147 Å². The van der Waals surface area contributed by atoms with Crippen LogP contribution >= 0.6 is 15.9 Å². The maximum absolute atomic E-state index is 12.3. The number of carbonyl (C=O) groups is 1. The van der Waals surface area contributed by atoms with Crippen molar-refractivity contribution in [1.29, 1.82) is 0 Å². The topological polar surface area (TPSA) is 71.5 Å². The number of nitrogens with zero attached hydrogens (tertiary/aromatic N) is 2. The number of carbonyl (C=O) groups excluding carboxylic acids is 1. The summed E-state index contributed by atoms with van der Waals surface area (Å²) in [6, 6.07) is 8.91. The molecule has 1 saturated carbocycles. The summed E-state index contributed by atoms with van der Waals surface area (Å²) in [6.07, 6.45) is 2.29. The fraction of sp³-hybridized carbons (Fsp3) is 0.294. The van der Waals surface area contributed by atoms with Crippen LogP contribution in [0.15, 0.2) is 43.8 Å². The Morgan fingerprint density at radius 2 is 2.17 bits per heavy atom. The number of fused-ring (bicyclic) bond motifs is 1. The van der Waals surface area contributed by atoms with Gasteiger partial charge in [-0.1, -0.05) is 0 Å². The summed E-state index contributed by atoms with van der Waals surface area (Å²) in [5.41, 5.74) is 2.21. The molecular weight excluding hydrogens is 374 g/mol. The summed E-state index contributed by atoms with van der Waals surface area (Å²) in [7, 11) is 1.71. The van der Waals surface area contributed by atoms with Gasteiger partial charge in [0.15, 0.2) is 16.1 Å². The minimum absolute atomic E-state index is 0.215. The van der Waals surface area contributed by atoms with Crippen LogP contribution in [0.1, 0.15) is 30.4 Å². The molecule has 6 nitrogen and oxygen atoms in total. The van der Waals surface area contributed by atoms with Crippen LogP contribution in [0.3, 0.4) is 0 Å². The number of halogens is 1. The number of hydrogen-bond donors (Lipinski definition) is 1. The molecule has 0 spiro atoms. The molecule has 124 valence electrons. The van der Waals surface area contributed by atoms with Crippen LogP contribution in [0.4, 0.5) is 10.5 Å². The molecular formula is C17H16BrN3O3. The molecule has 0 aliphatic heterocycles. The van der Waals surface area contributed by atoms with Crippen molar-refractivity contribution in [3.63, 3.8) is 0 Å². The second kappa shape index (κ2) is 5.98. The zero-order valence-electron chi connectivity index (χ0n) is 13.1. The van der Waals surface area contributed by atoms with E-state index in [2.05, 4.69) is 26.2 Å². The lowest BCUT2D eigenvalue weighted by Crippen LogP contribution is -2.30. The van der Waals surface area contributed by atoms with Gasteiger partial charge in [-0.25, -0.2) is 9.78 Å². The third kappa shape index (κ3) is 3.17. The normalized spacial score (nSPS) is 14.1. The number of anilines is 1. The lowest BCUT2D eigenvalue weighted by atomic mass is 10.3. The van der Waals surface area contributed by atoms with Crippen molar-refractivity contribution in [3.05, 3.63) is 46.7 Å². The molecule has 2 aromatic heterocycles. The maximum atomic E-state index is 12.3. The van der Waals surface area contributed by atoms with E-state index in [1.54, 1.807) is 18.0 Å². The zero-order valence-corrected chi connectivity index (χ0v) is 14.7. The molecule has 1 aliphatic carbocycles. The summed E-state index contributed by atoms with van der Waals surface area (Å²) in [6.45, 7) is 0.384. The molecule has 0 atom stereocenters. The molecule has 1 aliphatic rings. The Balaban J connectivity index is 1.45. The minimum Gasteiger partial charge on any atom is -0.452 e. The minimum atomic E-state index is -0.215. The van der Waals surface area contributed by atoms with Crippen molar-refractivity contribution >= 4 is 38.7 Å². The molecule has 3 aromatic rings. The van der Waals surface area contributed by atoms with Crippen LogP contribution in [0, 0.1) is 0 Å². The van der Waals surface area contributed by atoms with Gasteiger partial charge in [-0.15, -0.1) is 0 Å². The largest absolute Gasteiger partial charge is 0.452 e. The van der Waals surface area contributed by atoms with Crippen molar-refractivity contribution in [1.82, 2.24) is 9.88 Å². The molecule has 2 amide bonds. The van der Waals surface area contributed by atoms with Crippen molar-refractivity contribution < 1.29 is 13.6 Å². The molecule has 1 fully saturated rings. The van der Waals surface area contributed by atoms with Gasteiger partial charge in [0.1, 0.15) is 11.3 Å². The molecule has 0 bridgehead atoms. The van der Waals surface area contributed by atoms with Crippen molar-refractivity contribution in [3.8, 4) is 0 Å². The number of urea groups is 1. The zero-order chi connectivity index (χ0) is 16.7. The number of aromatic nitrogens is 1. The molecule has 1 aromatic carbocycles. The van der Waals surface area contributed by atoms with Crippen LogP contribution in [-0.2, 0) is 6.54 Å². The number of oxazole rings is 1. The highest BCUT2D eigenvalue weighted by atomic mass is 79.9. The smallest absolute Gasteiger partial charge is 0.321 e. The Bertz CT molecular complexity index is 898. The van der Waals surface area contributed by atoms with Crippen LogP contribution < -0.4 is 5.32 Å². The van der Waals surface area contributed by atoms with Crippen molar-refractivity contribution in [2.75, 3.05) is 12.4 Å². The molecule has 0 saturated heterocycles. The van der Waals surface area contributed by atoms with E-state index in [1.807, 2.05) is 24.3 Å². The molecule has 1 N–H and O–H groups in total. The van der Waals surface area contributed by atoms with E-state index in [-0.39, 0.29) is 6.03 Å². The van der Waals surface area contributed by atoms with Gasteiger partial charge >= 0.3 is 6.03 Å². The number of hydrogen-bond acceptors (Lipinski definition) is 4. The van der Waals surface area contributed by atoms with E-state index in [1.165, 1.54) is 0 Å². The van der Waals surface area contributed by atoms with E-state index in [0.717, 1.165) is 29.8 Å². The monoisotopic (exact) mass is 389 g/mol. The average molecular weight is 390 g/mol. The summed E-state index contributed by atoms with van der Waals surface area (Å²) < 4.78 is 11.8. The van der Waals surface area contributed by atoms with Crippen LogP contribution in [-0.4, -0.2) is 23.0 Å². The van der Waals surface area contributed by atoms with E-state index in [9.17, 15) is 4.79 Å². The van der Waals surface area contributed by atoms with E-state index in [0.29, 0.717) is 28.6 Å². The first-order valence-corrected chi connectivity index (χ1v) is 8.54. The van der Waals surface area contributed by atoms with Crippen molar-refractivity contribution in [2.45, 2.75) is 25.3 Å². The maximum Gasteiger partial charge on any atom is 0.321 e. The molecule has 2 heterocycles. The molecule has 0 unspecified atom stereocenters. The van der Waals surface area contributed by atoms with Gasteiger partial charge in [0.25, 0.3) is 0 Å². The fourth-order valence-corrected chi connectivity index (χ4v) is 2.83. The first-order chi connectivity index (χ1) is 11.6. The fourth-order valence-electron chi connectivity index (χ4n) is 2.49. The summed E-state index contributed by atoms with van der Waals surface area (Å²) in [4.78, 5) is 18.4. The Kier molecular flexibility index (Phi) is 3.80. The number of amides is 2. The second-order valence-electron chi connectivity index (χ2n) is 6.00. The number of nitrogens with one attached hydrogen (secondary N) is 1. The van der Waals surface area contributed by atoms with Gasteiger partial charge in [0.05, 0.1) is 6.54 Å². The number of furan rings is 1. The SMILES string of the molecule is CN(Cc1ccc(Br)o1)C(=O)Nc1ccc2oc(C3CC3)nc2c1. The first kappa shape index (κ1) is 15.3. The lowest BCUT2D eigenvalue weighted by Gasteiger charge is -2.16. The van der Waals surface area contributed by atoms with Crippen LogP contribution in [0.5, 0.6) is 0 Å². The quantitative estimate of drug-likeness (QED) is 0.700. The van der Waals surface area contributed by atoms with Gasteiger partial charge in [0.2, 0.25) is 0 Å². The Morgan fingerprint density at radius 3 is 2.88 bits per heavy atom. The van der Waals surface area contributed by atoms with E-state index >= 15 is 0 Å². The lowest BCUT2D eigenvalue weighted by molar-refractivity contribution is 0.216. The van der Waals surface area contributed by atoms with E-state index < -0.39 is 0 Å². The Hall–Kier alpha value is -2.28. The van der Waals surface area contributed by atoms with Crippen LogP contribution in [0.25, 0.3) is 11.1 Å². The number of benzene rings is 1. The predicted molar refractivity (Wildman–Crippen MR) is 92.9 cm³/mol. The van der Waals surface area contributed by atoms with Crippen LogP contribution in [0.2, 0.25) is 0 Å². The Morgan fingerprint density at radius 1 is 1.33 bits per heavy atom. The molecule has 4 rings (SSSR count). The second-order valence-corrected chi connectivity index (χ2v) is 6.78. The van der Waals surface area contributed by atoms with Gasteiger partial charge in [-0.05, 0) is 59.1 Å². The summed E-state index contributed by atoms with van der Waals surface area (Å²) in [5.74, 6) is 1.98. The van der Waals surface area contributed by atoms with Gasteiger partial charge in [-0.2, -0.15) is 0 Å². The third-order valence-electron chi connectivity index (χ3n) is 3.95.